The van der Waals surface area contributed by atoms with E-state index in [4.69, 9.17) is 18.9 Å². The first-order valence-electron chi connectivity index (χ1n) is 8.76. The monoisotopic (exact) mass is 365 g/mol. The molecule has 1 saturated carbocycles. The lowest BCUT2D eigenvalue weighted by atomic mass is 9.86. The Bertz CT molecular complexity index is 620. The normalized spacial score (nSPS) is 19.4. The number of hydrogen-bond donors (Lipinski definition) is 1. The highest BCUT2D eigenvalue weighted by molar-refractivity contribution is 5.92. The molecule has 1 aromatic carbocycles. The van der Waals surface area contributed by atoms with Crippen molar-refractivity contribution in [1.82, 2.24) is 5.32 Å². The van der Waals surface area contributed by atoms with E-state index < -0.39 is 5.97 Å². The lowest BCUT2D eigenvalue weighted by Crippen LogP contribution is -2.42. The number of rotatable bonds is 7. The predicted molar refractivity (Wildman–Crippen MR) is 95.9 cm³/mol. The predicted octanol–water partition coefficient (Wildman–Crippen LogP) is 2.56. The molecule has 1 aliphatic carbocycles. The molecule has 0 aromatic heterocycles. The molecule has 1 aromatic rings. The minimum absolute atomic E-state index is 0.149. The SMILES string of the molecule is COc1cc(C(=O)OCC(=O)N[C@@H]2CCCC[C@H]2C)cc(OC)c1OC. The van der Waals surface area contributed by atoms with Crippen LogP contribution in [0.15, 0.2) is 12.1 Å². The third-order valence-corrected chi connectivity index (χ3v) is 4.69. The van der Waals surface area contributed by atoms with Crippen molar-refractivity contribution >= 4 is 11.9 Å². The summed E-state index contributed by atoms with van der Waals surface area (Å²) in [6.07, 6.45) is 4.38. The van der Waals surface area contributed by atoms with Gasteiger partial charge < -0.3 is 24.3 Å². The number of amides is 1. The number of ether oxygens (including phenoxy) is 4. The summed E-state index contributed by atoms with van der Waals surface area (Å²) < 4.78 is 20.8. The molecule has 1 fully saturated rings. The molecule has 2 rings (SSSR count). The molecule has 7 nitrogen and oxygen atoms in total. The molecule has 1 aliphatic rings. The molecule has 26 heavy (non-hydrogen) atoms. The van der Waals surface area contributed by atoms with Crippen LogP contribution < -0.4 is 19.5 Å². The highest BCUT2D eigenvalue weighted by Crippen LogP contribution is 2.38. The fourth-order valence-electron chi connectivity index (χ4n) is 3.19. The summed E-state index contributed by atoms with van der Waals surface area (Å²) in [5.41, 5.74) is 0.221. The van der Waals surface area contributed by atoms with E-state index in [0.717, 1.165) is 19.3 Å². The van der Waals surface area contributed by atoms with Gasteiger partial charge in [-0.05, 0) is 30.9 Å². The van der Waals surface area contributed by atoms with Gasteiger partial charge >= 0.3 is 5.97 Å². The first kappa shape index (κ1) is 19.9. The summed E-state index contributed by atoms with van der Waals surface area (Å²) in [5, 5.41) is 2.95. The van der Waals surface area contributed by atoms with Gasteiger partial charge in [0.15, 0.2) is 18.1 Å². The van der Waals surface area contributed by atoms with E-state index in [1.807, 2.05) is 0 Å². The van der Waals surface area contributed by atoms with Crippen LogP contribution >= 0.6 is 0 Å². The quantitative estimate of drug-likeness (QED) is 0.748. The molecule has 0 bridgehead atoms. The number of benzene rings is 1. The van der Waals surface area contributed by atoms with E-state index in [2.05, 4.69) is 12.2 Å². The van der Waals surface area contributed by atoms with Crippen molar-refractivity contribution in [2.24, 2.45) is 5.92 Å². The van der Waals surface area contributed by atoms with E-state index in [-0.39, 0.29) is 24.1 Å². The Morgan fingerprint density at radius 2 is 1.65 bits per heavy atom. The molecule has 1 amide bonds. The second-order valence-corrected chi connectivity index (χ2v) is 6.43. The molecular weight excluding hydrogens is 338 g/mol. The molecule has 0 aliphatic heterocycles. The summed E-state index contributed by atoms with van der Waals surface area (Å²) in [4.78, 5) is 24.4. The largest absolute Gasteiger partial charge is 0.493 e. The van der Waals surface area contributed by atoms with E-state index in [0.29, 0.717) is 23.2 Å². The fraction of sp³-hybridized carbons (Fsp3) is 0.579. The van der Waals surface area contributed by atoms with Crippen LogP contribution in [-0.2, 0) is 9.53 Å². The van der Waals surface area contributed by atoms with Gasteiger partial charge in [0, 0.05) is 6.04 Å². The second-order valence-electron chi connectivity index (χ2n) is 6.43. The van der Waals surface area contributed by atoms with Gasteiger partial charge in [-0.25, -0.2) is 4.79 Å². The van der Waals surface area contributed by atoms with Gasteiger partial charge in [0.25, 0.3) is 5.91 Å². The zero-order valence-electron chi connectivity index (χ0n) is 15.8. The van der Waals surface area contributed by atoms with Crippen LogP contribution in [0.4, 0.5) is 0 Å². The van der Waals surface area contributed by atoms with Crippen molar-refractivity contribution in [3.63, 3.8) is 0 Å². The fourth-order valence-corrected chi connectivity index (χ4v) is 3.19. The maximum Gasteiger partial charge on any atom is 0.338 e. The van der Waals surface area contributed by atoms with Crippen molar-refractivity contribution in [1.29, 1.82) is 0 Å². The van der Waals surface area contributed by atoms with E-state index >= 15 is 0 Å². The maximum absolute atomic E-state index is 12.3. The zero-order valence-corrected chi connectivity index (χ0v) is 15.8. The highest BCUT2D eigenvalue weighted by Gasteiger charge is 2.24. The number of carbonyl (C=O) groups is 2. The van der Waals surface area contributed by atoms with Crippen molar-refractivity contribution in [3.05, 3.63) is 17.7 Å². The van der Waals surface area contributed by atoms with E-state index in [1.54, 1.807) is 0 Å². The Balaban J connectivity index is 1.97. The van der Waals surface area contributed by atoms with E-state index in [1.165, 1.54) is 39.9 Å². The number of methoxy groups -OCH3 is 3. The van der Waals surface area contributed by atoms with Crippen LogP contribution in [0.3, 0.4) is 0 Å². The number of carbonyl (C=O) groups excluding carboxylic acids is 2. The van der Waals surface area contributed by atoms with Crippen LogP contribution in [-0.4, -0.2) is 45.9 Å². The molecule has 144 valence electrons. The van der Waals surface area contributed by atoms with Gasteiger partial charge in [0.2, 0.25) is 5.75 Å². The van der Waals surface area contributed by atoms with Gasteiger partial charge in [-0.15, -0.1) is 0 Å². The lowest BCUT2D eigenvalue weighted by Gasteiger charge is -2.29. The van der Waals surface area contributed by atoms with Crippen molar-refractivity contribution in [3.8, 4) is 17.2 Å². The third kappa shape index (κ3) is 4.80. The number of esters is 1. The standard InChI is InChI=1S/C19H27NO6/c1-12-7-5-6-8-14(12)20-17(21)11-26-19(22)13-9-15(23-2)18(25-4)16(10-13)24-3/h9-10,12,14H,5-8,11H2,1-4H3,(H,20,21)/t12-,14-/m1/s1. The Hall–Kier alpha value is -2.44. The Morgan fingerprint density at radius 3 is 2.19 bits per heavy atom. The summed E-state index contributed by atoms with van der Waals surface area (Å²) >= 11 is 0. The first-order chi connectivity index (χ1) is 12.5. The Labute approximate surface area is 153 Å². The first-order valence-corrected chi connectivity index (χ1v) is 8.76. The topological polar surface area (TPSA) is 83.1 Å². The second kappa shape index (κ2) is 9.31. The molecule has 1 N–H and O–H groups in total. The third-order valence-electron chi connectivity index (χ3n) is 4.69. The molecule has 7 heteroatoms. The van der Waals surface area contributed by atoms with Gasteiger partial charge in [0.05, 0.1) is 26.9 Å². The van der Waals surface area contributed by atoms with Crippen LogP contribution in [0.2, 0.25) is 0 Å². The average molecular weight is 365 g/mol. The molecule has 0 saturated heterocycles. The summed E-state index contributed by atoms with van der Waals surface area (Å²) in [5.74, 6) is 0.605. The van der Waals surface area contributed by atoms with E-state index in [9.17, 15) is 9.59 Å². The summed E-state index contributed by atoms with van der Waals surface area (Å²) in [6, 6.07) is 3.13. The molecule has 0 spiro atoms. The van der Waals surface area contributed by atoms with Crippen LogP contribution in [0.1, 0.15) is 43.0 Å². The molecule has 2 atom stereocenters. The highest BCUT2D eigenvalue weighted by atomic mass is 16.5. The maximum atomic E-state index is 12.3. The van der Waals surface area contributed by atoms with Gasteiger partial charge in [-0.3, -0.25) is 4.79 Å². The Morgan fingerprint density at radius 1 is 1.04 bits per heavy atom. The number of hydrogen-bond acceptors (Lipinski definition) is 6. The average Bonchev–Trinajstić information content (AvgIpc) is 2.66. The van der Waals surface area contributed by atoms with Crippen molar-refractivity contribution in [2.75, 3.05) is 27.9 Å². The van der Waals surface area contributed by atoms with Crippen LogP contribution in [0.25, 0.3) is 0 Å². The molecule has 0 unspecified atom stereocenters. The lowest BCUT2D eigenvalue weighted by molar-refractivity contribution is -0.125. The van der Waals surface area contributed by atoms with Gasteiger partial charge in [0.1, 0.15) is 0 Å². The minimum Gasteiger partial charge on any atom is -0.493 e. The minimum atomic E-state index is -0.629. The zero-order chi connectivity index (χ0) is 19.1. The smallest absolute Gasteiger partial charge is 0.338 e. The number of nitrogens with one attached hydrogen (secondary N) is 1. The Kier molecular flexibility index (Phi) is 7.12. The summed E-state index contributed by atoms with van der Waals surface area (Å²) in [6.45, 7) is 1.81. The molecule has 0 heterocycles. The van der Waals surface area contributed by atoms with Gasteiger partial charge in [-0.2, -0.15) is 0 Å². The van der Waals surface area contributed by atoms with Crippen LogP contribution in [0, 0.1) is 5.92 Å². The molecule has 0 radical (unpaired) electrons. The van der Waals surface area contributed by atoms with Crippen molar-refractivity contribution < 1.29 is 28.5 Å². The van der Waals surface area contributed by atoms with Gasteiger partial charge in [-0.1, -0.05) is 19.8 Å². The van der Waals surface area contributed by atoms with Crippen molar-refractivity contribution in [2.45, 2.75) is 38.6 Å². The molecular formula is C19H27NO6. The van der Waals surface area contributed by atoms with Crippen LogP contribution in [0.5, 0.6) is 17.2 Å². The summed E-state index contributed by atoms with van der Waals surface area (Å²) in [7, 11) is 4.41.